The van der Waals surface area contributed by atoms with E-state index in [0.29, 0.717) is 17.5 Å². The van der Waals surface area contributed by atoms with Crippen LogP contribution in [0.3, 0.4) is 0 Å². The van der Waals surface area contributed by atoms with Gasteiger partial charge in [0.2, 0.25) is 17.7 Å². The smallest absolute Gasteiger partial charge is 0.246 e. The fourth-order valence-corrected chi connectivity index (χ4v) is 6.92. The first kappa shape index (κ1) is 26.2. The average Bonchev–Trinajstić information content (AvgIpc) is 3.46. The number of hydrogen-bond donors (Lipinski definition) is 2. The molecule has 1 aliphatic carbocycles. The quantitative estimate of drug-likeness (QED) is 0.567. The van der Waals surface area contributed by atoms with E-state index in [4.69, 9.17) is 16.3 Å². The molecule has 200 valence electrons. The minimum Gasteiger partial charge on any atom is -0.359 e. The van der Waals surface area contributed by atoms with Gasteiger partial charge in [-0.1, -0.05) is 50.4 Å². The first-order valence-corrected chi connectivity index (χ1v) is 13.5. The highest BCUT2D eigenvalue weighted by Gasteiger charge is 2.74. The van der Waals surface area contributed by atoms with Gasteiger partial charge in [0, 0.05) is 17.3 Å². The Labute approximate surface area is 222 Å². The van der Waals surface area contributed by atoms with Gasteiger partial charge in [-0.15, -0.1) is 0 Å². The van der Waals surface area contributed by atoms with Gasteiger partial charge in [-0.05, 0) is 57.2 Å². The Morgan fingerprint density at radius 3 is 2.59 bits per heavy atom. The van der Waals surface area contributed by atoms with Gasteiger partial charge in [0.25, 0.3) is 0 Å². The van der Waals surface area contributed by atoms with Crippen LogP contribution in [0.4, 0.5) is 10.1 Å². The molecule has 2 N–H and O–H groups in total. The monoisotopic (exact) mass is 531 g/mol. The van der Waals surface area contributed by atoms with E-state index in [0.717, 1.165) is 19.3 Å². The molecule has 3 aliphatic heterocycles. The van der Waals surface area contributed by atoms with E-state index in [2.05, 4.69) is 24.5 Å². The lowest BCUT2D eigenvalue weighted by molar-refractivity contribution is -0.147. The van der Waals surface area contributed by atoms with Crippen molar-refractivity contribution in [2.75, 3.05) is 5.32 Å². The van der Waals surface area contributed by atoms with E-state index < -0.39 is 46.8 Å². The molecule has 1 aromatic carbocycles. The third-order valence-electron chi connectivity index (χ3n) is 8.77. The Morgan fingerprint density at radius 2 is 1.92 bits per heavy atom. The normalized spacial score (nSPS) is 36.6. The zero-order chi connectivity index (χ0) is 26.9. The molecule has 2 bridgehead atoms. The van der Waals surface area contributed by atoms with Gasteiger partial charge in [0.15, 0.2) is 0 Å². The van der Waals surface area contributed by atoms with Gasteiger partial charge in [-0.3, -0.25) is 14.4 Å². The lowest BCUT2D eigenvalue weighted by atomic mass is 9.73. The summed E-state index contributed by atoms with van der Waals surface area (Å²) in [5.41, 5.74) is -1.58. The third-order valence-corrected chi connectivity index (χ3v) is 9.06. The number of anilines is 1. The molecule has 8 atom stereocenters. The maximum Gasteiger partial charge on any atom is 0.246 e. The Bertz CT molecular complexity index is 1170. The largest absolute Gasteiger partial charge is 0.359 e. The fourth-order valence-electron chi connectivity index (χ4n) is 6.74. The van der Waals surface area contributed by atoms with Crippen LogP contribution in [0.25, 0.3) is 0 Å². The number of carbonyl (C=O) groups is 3. The maximum atomic E-state index is 14.0. The maximum absolute atomic E-state index is 14.0. The number of nitrogens with zero attached hydrogens (tertiary/aromatic N) is 1. The van der Waals surface area contributed by atoms with Crippen molar-refractivity contribution in [2.45, 2.75) is 83.2 Å². The molecule has 1 aromatic rings. The van der Waals surface area contributed by atoms with E-state index in [9.17, 15) is 18.8 Å². The molecule has 3 amide bonds. The van der Waals surface area contributed by atoms with E-state index in [1.54, 1.807) is 11.0 Å². The Balaban J connectivity index is 1.46. The van der Waals surface area contributed by atoms with Crippen LogP contribution in [0, 0.1) is 29.5 Å². The van der Waals surface area contributed by atoms with Gasteiger partial charge in [-0.2, -0.15) is 0 Å². The molecule has 4 aliphatic rings. The first-order valence-electron chi connectivity index (χ1n) is 13.1. The van der Waals surface area contributed by atoms with Crippen molar-refractivity contribution < 1.29 is 23.5 Å². The molecule has 9 heteroatoms. The van der Waals surface area contributed by atoms with Crippen LogP contribution in [0.1, 0.15) is 53.9 Å². The molecule has 0 radical (unpaired) electrons. The van der Waals surface area contributed by atoms with Crippen molar-refractivity contribution in [3.63, 3.8) is 0 Å². The number of fused-ring (bicyclic) bond motifs is 1. The molecule has 7 nitrogen and oxygen atoms in total. The summed E-state index contributed by atoms with van der Waals surface area (Å²) in [5.74, 6) is -2.40. The van der Waals surface area contributed by atoms with Crippen molar-refractivity contribution >= 4 is 35.0 Å². The van der Waals surface area contributed by atoms with Crippen molar-refractivity contribution in [3.05, 3.63) is 41.2 Å². The lowest BCUT2D eigenvalue weighted by Crippen LogP contribution is -2.61. The molecule has 0 unspecified atom stereocenters. The van der Waals surface area contributed by atoms with Crippen LogP contribution in [-0.4, -0.2) is 51.9 Å². The van der Waals surface area contributed by atoms with Crippen molar-refractivity contribution in [1.29, 1.82) is 0 Å². The van der Waals surface area contributed by atoms with Gasteiger partial charge in [0.05, 0.1) is 23.0 Å². The Hall–Kier alpha value is -2.45. The standard InChI is InChI=1S/C28H35ClFN3O4/c1-14-7-6-8-19(15(14)2)32-25(35)23-28-12-11-20(37-28)21(22(28)26(36)33(23)27(3,4)5)24(34)31-16-9-10-18(30)17(29)13-16/h9-15,19-23H,6-8H2,1-5H3,(H,31,34)(H,32,35)/t14-,15+,19+,20-,21-,22-,23+,28+/m1/s1. The number of likely N-dealkylation sites (tertiary alicyclic amines) is 1. The summed E-state index contributed by atoms with van der Waals surface area (Å²) in [7, 11) is 0. The number of ether oxygens (including phenoxy) is 1. The van der Waals surface area contributed by atoms with Gasteiger partial charge >= 0.3 is 0 Å². The highest BCUT2D eigenvalue weighted by Crippen LogP contribution is 2.56. The summed E-state index contributed by atoms with van der Waals surface area (Å²) in [4.78, 5) is 43.0. The molecule has 3 heterocycles. The Kier molecular flexibility index (Phi) is 6.43. The summed E-state index contributed by atoms with van der Waals surface area (Å²) >= 11 is 5.89. The molecule has 0 aromatic heterocycles. The second-order valence-electron chi connectivity index (χ2n) is 12.1. The van der Waals surface area contributed by atoms with Crippen LogP contribution in [0.5, 0.6) is 0 Å². The Morgan fingerprint density at radius 1 is 1.19 bits per heavy atom. The van der Waals surface area contributed by atoms with Gasteiger partial charge < -0.3 is 20.3 Å². The fraction of sp³-hybridized carbons (Fsp3) is 0.607. The van der Waals surface area contributed by atoms with Crippen LogP contribution in [0.15, 0.2) is 30.4 Å². The van der Waals surface area contributed by atoms with E-state index in [1.807, 2.05) is 26.8 Å². The molecule has 5 rings (SSSR count). The average molecular weight is 532 g/mol. The van der Waals surface area contributed by atoms with Crippen molar-refractivity contribution in [3.8, 4) is 0 Å². The van der Waals surface area contributed by atoms with Gasteiger partial charge in [0.1, 0.15) is 17.5 Å². The van der Waals surface area contributed by atoms with Crippen molar-refractivity contribution in [2.24, 2.45) is 23.7 Å². The number of amides is 3. The predicted octanol–water partition coefficient (Wildman–Crippen LogP) is 4.31. The predicted molar refractivity (Wildman–Crippen MR) is 138 cm³/mol. The number of benzene rings is 1. The number of rotatable bonds is 4. The van der Waals surface area contributed by atoms with Crippen LogP contribution in [-0.2, 0) is 19.1 Å². The number of halogens is 2. The molecular formula is C28H35ClFN3O4. The second kappa shape index (κ2) is 9.09. The first-order chi connectivity index (χ1) is 17.3. The van der Waals surface area contributed by atoms with Crippen LogP contribution < -0.4 is 10.6 Å². The lowest BCUT2D eigenvalue weighted by Gasteiger charge is -2.41. The summed E-state index contributed by atoms with van der Waals surface area (Å²) in [6.07, 6.45) is 6.03. The number of nitrogens with one attached hydrogen (secondary N) is 2. The molecule has 1 spiro atoms. The SMILES string of the molecule is C[C@H]1[C@H](C)CCC[C@@H]1NC(=O)[C@@H]1N(C(C)(C)C)C(=O)[C@H]2[C@H](C(=O)Nc3ccc(F)c(Cl)c3)[C@H]3C=C[C@@]12O3. The highest BCUT2D eigenvalue weighted by molar-refractivity contribution is 6.31. The summed E-state index contributed by atoms with van der Waals surface area (Å²) in [5, 5.41) is 5.90. The summed E-state index contributed by atoms with van der Waals surface area (Å²) < 4.78 is 20.0. The summed E-state index contributed by atoms with van der Waals surface area (Å²) in [6, 6.07) is 3.04. The zero-order valence-corrected chi connectivity index (χ0v) is 22.6. The van der Waals surface area contributed by atoms with Crippen LogP contribution >= 0.6 is 11.6 Å². The third kappa shape index (κ3) is 4.16. The molecule has 1 saturated carbocycles. The second-order valence-corrected chi connectivity index (χ2v) is 12.5. The molecular weight excluding hydrogens is 497 g/mol. The molecule has 3 fully saturated rings. The number of carbonyl (C=O) groups excluding carboxylic acids is 3. The summed E-state index contributed by atoms with van der Waals surface area (Å²) in [6.45, 7) is 10.0. The van der Waals surface area contributed by atoms with E-state index >= 15 is 0 Å². The topological polar surface area (TPSA) is 87.7 Å². The highest BCUT2D eigenvalue weighted by atomic mass is 35.5. The molecule has 37 heavy (non-hydrogen) atoms. The van der Waals surface area contributed by atoms with E-state index in [-0.39, 0.29) is 22.9 Å². The minimum atomic E-state index is -1.23. The van der Waals surface area contributed by atoms with Gasteiger partial charge in [-0.25, -0.2) is 4.39 Å². The van der Waals surface area contributed by atoms with Crippen molar-refractivity contribution in [1.82, 2.24) is 10.2 Å². The molecule has 2 saturated heterocycles. The minimum absolute atomic E-state index is 0.0218. The zero-order valence-electron chi connectivity index (χ0n) is 21.9. The van der Waals surface area contributed by atoms with E-state index in [1.165, 1.54) is 18.2 Å². The number of hydrogen-bond acceptors (Lipinski definition) is 4. The van der Waals surface area contributed by atoms with Crippen LogP contribution in [0.2, 0.25) is 5.02 Å².